The molecular formula is C21H18FN5O2. The van der Waals surface area contributed by atoms with Gasteiger partial charge in [0.15, 0.2) is 0 Å². The Morgan fingerprint density at radius 1 is 1.14 bits per heavy atom. The molecule has 0 spiro atoms. The van der Waals surface area contributed by atoms with Crippen LogP contribution in [0.4, 0.5) is 15.8 Å². The minimum absolute atomic E-state index is 0.186. The molecule has 0 saturated heterocycles. The van der Waals surface area contributed by atoms with Crippen molar-refractivity contribution in [3.63, 3.8) is 0 Å². The number of anilines is 2. The van der Waals surface area contributed by atoms with E-state index in [1.165, 1.54) is 6.07 Å². The van der Waals surface area contributed by atoms with Crippen LogP contribution < -0.4 is 15.4 Å². The molecule has 0 unspecified atom stereocenters. The molecule has 0 aliphatic carbocycles. The molecule has 3 N–H and O–H groups in total. The second kappa shape index (κ2) is 6.44. The summed E-state index contributed by atoms with van der Waals surface area (Å²) < 4.78 is 20.4. The van der Waals surface area contributed by atoms with Crippen molar-refractivity contribution in [2.24, 2.45) is 0 Å². The van der Waals surface area contributed by atoms with Gasteiger partial charge in [0.25, 0.3) is 5.91 Å². The van der Waals surface area contributed by atoms with Gasteiger partial charge < -0.3 is 20.4 Å². The number of rotatable bonds is 2. The molecule has 29 heavy (non-hydrogen) atoms. The Labute approximate surface area is 166 Å². The molecule has 8 heteroatoms. The van der Waals surface area contributed by atoms with Crippen molar-refractivity contribution in [1.29, 1.82) is 0 Å². The molecule has 7 nitrogen and oxygen atoms in total. The van der Waals surface area contributed by atoms with Crippen molar-refractivity contribution in [2.45, 2.75) is 13.8 Å². The summed E-state index contributed by atoms with van der Waals surface area (Å²) >= 11 is 0. The molecule has 5 rings (SSSR count). The summed E-state index contributed by atoms with van der Waals surface area (Å²) in [6.45, 7) is 5.01. The number of nitrogens with one attached hydrogen (secondary N) is 3. The number of halogens is 1. The Morgan fingerprint density at radius 2 is 2.00 bits per heavy atom. The fourth-order valence-corrected chi connectivity index (χ4v) is 3.73. The SMILES string of the molecule is Cc1ncc(/C=C2\C(=O)Nc3c(F)cc(-c4cnc5c(c4C)NCCO5)cc32)[nH]1. The number of ether oxygens (including phenoxy) is 1. The van der Waals surface area contributed by atoms with Crippen molar-refractivity contribution < 1.29 is 13.9 Å². The first-order chi connectivity index (χ1) is 14.0. The van der Waals surface area contributed by atoms with E-state index in [-0.39, 0.29) is 11.6 Å². The van der Waals surface area contributed by atoms with Crippen molar-refractivity contribution in [2.75, 3.05) is 23.8 Å². The number of H-pyrrole nitrogens is 1. The van der Waals surface area contributed by atoms with Crippen molar-refractivity contribution >= 4 is 28.9 Å². The fourth-order valence-electron chi connectivity index (χ4n) is 3.73. The smallest absolute Gasteiger partial charge is 0.256 e. The van der Waals surface area contributed by atoms with Crippen molar-refractivity contribution in [1.82, 2.24) is 15.0 Å². The minimum Gasteiger partial charge on any atom is -0.474 e. The number of amides is 1. The lowest BCUT2D eigenvalue weighted by Crippen LogP contribution is -2.20. The molecule has 1 aromatic carbocycles. The number of hydrogen-bond donors (Lipinski definition) is 3. The van der Waals surface area contributed by atoms with Crippen LogP contribution >= 0.6 is 0 Å². The van der Waals surface area contributed by atoms with Gasteiger partial charge in [-0.3, -0.25) is 4.79 Å². The Hall–Kier alpha value is -3.68. The molecule has 2 aliphatic heterocycles. The first-order valence-electron chi connectivity index (χ1n) is 9.26. The summed E-state index contributed by atoms with van der Waals surface area (Å²) in [6, 6.07) is 3.23. The maximum absolute atomic E-state index is 14.9. The van der Waals surface area contributed by atoms with Gasteiger partial charge in [0.2, 0.25) is 5.88 Å². The van der Waals surface area contributed by atoms with E-state index in [1.54, 1.807) is 18.5 Å². The Balaban J connectivity index is 1.65. The number of aromatic amines is 1. The predicted molar refractivity (Wildman–Crippen MR) is 108 cm³/mol. The predicted octanol–water partition coefficient (Wildman–Crippen LogP) is 3.52. The maximum atomic E-state index is 14.9. The maximum Gasteiger partial charge on any atom is 0.256 e. The van der Waals surface area contributed by atoms with E-state index in [0.717, 1.165) is 22.6 Å². The van der Waals surface area contributed by atoms with Gasteiger partial charge in [-0.2, -0.15) is 0 Å². The number of pyridine rings is 1. The molecule has 3 aromatic rings. The molecule has 1 amide bonds. The van der Waals surface area contributed by atoms with Gasteiger partial charge in [0, 0.05) is 23.9 Å². The normalized spacial score (nSPS) is 16.1. The molecule has 2 aliphatic rings. The molecule has 2 aromatic heterocycles. The first kappa shape index (κ1) is 17.4. The highest BCUT2D eigenvalue weighted by molar-refractivity contribution is 6.35. The number of fused-ring (bicyclic) bond motifs is 2. The zero-order valence-electron chi connectivity index (χ0n) is 15.9. The van der Waals surface area contributed by atoms with E-state index in [2.05, 4.69) is 25.6 Å². The quantitative estimate of drug-likeness (QED) is 0.582. The number of carbonyl (C=O) groups is 1. The first-order valence-corrected chi connectivity index (χ1v) is 9.26. The highest BCUT2D eigenvalue weighted by atomic mass is 19.1. The second-order valence-electron chi connectivity index (χ2n) is 7.07. The Morgan fingerprint density at radius 3 is 2.79 bits per heavy atom. The number of nitrogens with zero attached hydrogens (tertiary/aromatic N) is 2. The molecule has 0 fully saturated rings. The van der Waals surface area contributed by atoms with E-state index in [4.69, 9.17) is 4.74 Å². The molecule has 0 bridgehead atoms. The van der Waals surface area contributed by atoms with Crippen LogP contribution in [-0.4, -0.2) is 34.0 Å². The van der Waals surface area contributed by atoms with Gasteiger partial charge in [-0.05, 0) is 43.2 Å². The van der Waals surface area contributed by atoms with Crippen LogP contribution in [0.15, 0.2) is 24.5 Å². The average Bonchev–Trinajstić information content (AvgIpc) is 3.26. The molecular weight excluding hydrogens is 373 g/mol. The standard InChI is InChI=1S/C21H18FN5O2/c1-10-16(9-25-21-18(10)23-3-4-29-21)12-5-14-15(7-13-8-24-11(2)26-13)20(28)27-19(14)17(22)6-12/h5-9,23H,3-4H2,1-2H3,(H,24,26)(H,27,28)/b15-7-. The Bertz CT molecular complexity index is 1200. The lowest BCUT2D eigenvalue weighted by atomic mass is 9.96. The third kappa shape index (κ3) is 2.84. The largest absolute Gasteiger partial charge is 0.474 e. The summed E-state index contributed by atoms with van der Waals surface area (Å²) in [5, 5.41) is 5.91. The van der Waals surface area contributed by atoms with Crippen LogP contribution in [0.2, 0.25) is 0 Å². The summed E-state index contributed by atoms with van der Waals surface area (Å²) in [5.41, 5.74) is 4.91. The number of hydrogen-bond acceptors (Lipinski definition) is 5. The van der Waals surface area contributed by atoms with Gasteiger partial charge in [-0.1, -0.05) is 0 Å². The van der Waals surface area contributed by atoms with Crippen LogP contribution in [0, 0.1) is 19.7 Å². The molecule has 0 saturated carbocycles. The second-order valence-corrected chi connectivity index (χ2v) is 7.07. The minimum atomic E-state index is -0.489. The summed E-state index contributed by atoms with van der Waals surface area (Å²) in [5.74, 6) is 0.446. The third-order valence-corrected chi connectivity index (χ3v) is 5.14. The number of carbonyl (C=O) groups excluding carboxylic acids is 1. The molecule has 4 heterocycles. The van der Waals surface area contributed by atoms with Gasteiger partial charge in [-0.15, -0.1) is 0 Å². The molecule has 0 radical (unpaired) electrons. The van der Waals surface area contributed by atoms with Crippen molar-refractivity contribution in [3.8, 4) is 17.0 Å². The highest BCUT2D eigenvalue weighted by Gasteiger charge is 2.29. The van der Waals surface area contributed by atoms with E-state index in [9.17, 15) is 9.18 Å². The van der Waals surface area contributed by atoms with E-state index < -0.39 is 5.82 Å². The number of benzene rings is 1. The van der Waals surface area contributed by atoms with Gasteiger partial charge in [0.05, 0.1) is 23.2 Å². The zero-order chi connectivity index (χ0) is 20.1. The average molecular weight is 391 g/mol. The zero-order valence-corrected chi connectivity index (χ0v) is 15.9. The summed E-state index contributed by atoms with van der Waals surface area (Å²) in [6.07, 6.45) is 4.99. The Kier molecular flexibility index (Phi) is 3.87. The topological polar surface area (TPSA) is 91.9 Å². The number of imidazole rings is 1. The van der Waals surface area contributed by atoms with E-state index >= 15 is 0 Å². The monoisotopic (exact) mass is 391 g/mol. The van der Waals surface area contributed by atoms with Gasteiger partial charge >= 0.3 is 0 Å². The van der Waals surface area contributed by atoms with Crippen LogP contribution in [0.3, 0.4) is 0 Å². The van der Waals surface area contributed by atoms with E-state index in [1.807, 2.05) is 19.9 Å². The lowest BCUT2D eigenvalue weighted by molar-refractivity contribution is -0.110. The number of aryl methyl sites for hydroxylation is 1. The summed E-state index contributed by atoms with van der Waals surface area (Å²) in [7, 11) is 0. The van der Waals surface area contributed by atoms with Crippen LogP contribution in [-0.2, 0) is 4.79 Å². The highest BCUT2D eigenvalue weighted by Crippen LogP contribution is 2.41. The fraction of sp³-hybridized carbons (Fsp3) is 0.190. The lowest BCUT2D eigenvalue weighted by Gasteiger charge is -2.21. The molecule has 146 valence electrons. The van der Waals surface area contributed by atoms with E-state index in [0.29, 0.717) is 41.4 Å². The number of aromatic nitrogens is 3. The summed E-state index contributed by atoms with van der Waals surface area (Å²) in [4.78, 5) is 24.1. The van der Waals surface area contributed by atoms with Gasteiger partial charge in [-0.25, -0.2) is 14.4 Å². The van der Waals surface area contributed by atoms with Crippen LogP contribution in [0.5, 0.6) is 5.88 Å². The van der Waals surface area contributed by atoms with Gasteiger partial charge in [0.1, 0.15) is 23.9 Å². The molecule has 0 atom stereocenters. The third-order valence-electron chi connectivity index (χ3n) is 5.14. The van der Waals surface area contributed by atoms with Crippen molar-refractivity contribution in [3.05, 3.63) is 53.0 Å². The van der Waals surface area contributed by atoms with Crippen LogP contribution in [0.25, 0.3) is 22.8 Å². The van der Waals surface area contributed by atoms with Crippen LogP contribution in [0.1, 0.15) is 22.6 Å².